The van der Waals surface area contributed by atoms with E-state index >= 15 is 0 Å². The van der Waals surface area contributed by atoms with Gasteiger partial charge in [0.15, 0.2) is 0 Å². The van der Waals surface area contributed by atoms with Crippen molar-refractivity contribution in [2.24, 2.45) is 0 Å². The van der Waals surface area contributed by atoms with E-state index < -0.39 is 0 Å². The lowest BCUT2D eigenvalue weighted by molar-refractivity contribution is 0.306. The van der Waals surface area contributed by atoms with E-state index in [1.54, 1.807) is 0 Å². The summed E-state index contributed by atoms with van der Waals surface area (Å²) in [7, 11) is 0. The van der Waals surface area contributed by atoms with Crippen molar-refractivity contribution in [3.63, 3.8) is 0 Å². The normalized spacial score (nSPS) is 11.0. The lowest BCUT2D eigenvalue weighted by Gasteiger charge is -2.16. The Labute approximate surface area is 161 Å². The topological polar surface area (TPSA) is 18.5 Å². The quantitative estimate of drug-likeness (QED) is 0.281. The third-order valence-corrected chi connectivity index (χ3v) is 5.05. The van der Waals surface area contributed by atoms with Crippen LogP contribution in [-0.2, 0) is 6.42 Å². The highest BCUT2D eigenvalue weighted by atomic mass is 79.9. The fourth-order valence-electron chi connectivity index (χ4n) is 3.15. The predicted molar refractivity (Wildman–Crippen MR) is 111 cm³/mol. The summed E-state index contributed by atoms with van der Waals surface area (Å²) in [6.45, 7) is 5.69. The molecule has 0 saturated carbocycles. The van der Waals surface area contributed by atoms with Gasteiger partial charge >= 0.3 is 0 Å². The SMILES string of the molecule is CCOc1c(CC)cc(OCCCCCCCCBr)c2ccccc12. The summed E-state index contributed by atoms with van der Waals surface area (Å²) in [4.78, 5) is 0. The predicted octanol–water partition coefficient (Wildman–Crippen LogP) is 6.92. The van der Waals surface area contributed by atoms with Gasteiger partial charge in [0.05, 0.1) is 13.2 Å². The fourth-order valence-corrected chi connectivity index (χ4v) is 3.55. The van der Waals surface area contributed by atoms with Crippen LogP contribution in [0.1, 0.15) is 57.9 Å². The first kappa shape index (κ1) is 20.1. The Kier molecular flexibility index (Phi) is 9.17. The molecule has 138 valence electrons. The minimum atomic E-state index is 0.687. The molecule has 0 atom stereocenters. The van der Waals surface area contributed by atoms with Gasteiger partial charge in [0.25, 0.3) is 0 Å². The van der Waals surface area contributed by atoms with E-state index in [0.717, 1.165) is 47.1 Å². The second kappa shape index (κ2) is 11.4. The van der Waals surface area contributed by atoms with Crippen LogP contribution < -0.4 is 9.47 Å². The largest absolute Gasteiger partial charge is 0.493 e. The van der Waals surface area contributed by atoms with Crippen molar-refractivity contribution in [1.29, 1.82) is 0 Å². The molecule has 0 radical (unpaired) electrons. The zero-order valence-corrected chi connectivity index (χ0v) is 17.2. The Morgan fingerprint density at radius 1 is 0.840 bits per heavy atom. The lowest BCUT2D eigenvalue weighted by Crippen LogP contribution is -2.02. The lowest BCUT2D eigenvalue weighted by atomic mass is 10.0. The van der Waals surface area contributed by atoms with Crippen LogP contribution >= 0.6 is 15.9 Å². The maximum Gasteiger partial charge on any atom is 0.130 e. The van der Waals surface area contributed by atoms with Gasteiger partial charge in [-0.05, 0) is 37.8 Å². The molecule has 2 rings (SSSR count). The highest BCUT2D eigenvalue weighted by Crippen LogP contribution is 2.37. The Morgan fingerprint density at radius 3 is 2.20 bits per heavy atom. The summed E-state index contributed by atoms with van der Waals surface area (Å²) < 4.78 is 12.1. The molecule has 0 amide bonds. The van der Waals surface area contributed by atoms with Gasteiger partial charge in [0, 0.05) is 16.1 Å². The Morgan fingerprint density at radius 2 is 1.52 bits per heavy atom. The number of rotatable bonds is 12. The Balaban J connectivity index is 2.00. The molecule has 0 aliphatic rings. The second-order valence-corrected chi connectivity index (χ2v) is 7.15. The molecular weight excluding hydrogens is 376 g/mol. The number of hydrogen-bond donors (Lipinski definition) is 0. The molecule has 2 aromatic carbocycles. The van der Waals surface area contributed by atoms with Crippen molar-refractivity contribution in [3.05, 3.63) is 35.9 Å². The van der Waals surface area contributed by atoms with E-state index in [9.17, 15) is 0 Å². The first-order valence-electron chi connectivity index (χ1n) is 9.68. The number of unbranched alkanes of at least 4 members (excludes halogenated alkanes) is 5. The molecule has 0 aliphatic heterocycles. The standard InChI is InChI=1S/C22H31BrO2/c1-3-18-17-21(25-16-12-8-6-5-7-11-15-23)19-13-9-10-14-20(19)22(18)24-4-2/h9-10,13-14,17H,3-8,11-12,15-16H2,1-2H3. The van der Waals surface area contributed by atoms with E-state index in [0.29, 0.717) is 6.61 Å². The van der Waals surface area contributed by atoms with Gasteiger partial charge in [-0.15, -0.1) is 0 Å². The van der Waals surface area contributed by atoms with Crippen LogP contribution in [0.25, 0.3) is 10.8 Å². The average molecular weight is 407 g/mol. The van der Waals surface area contributed by atoms with Crippen LogP contribution in [0.5, 0.6) is 11.5 Å². The summed E-state index contributed by atoms with van der Waals surface area (Å²) in [6, 6.07) is 10.6. The number of alkyl halides is 1. The molecule has 25 heavy (non-hydrogen) atoms. The molecule has 0 aliphatic carbocycles. The summed E-state index contributed by atoms with van der Waals surface area (Å²) in [6.07, 6.45) is 8.57. The molecule has 0 fully saturated rings. The maximum absolute atomic E-state index is 6.16. The zero-order valence-electron chi connectivity index (χ0n) is 15.7. The molecule has 2 nitrogen and oxygen atoms in total. The Bertz CT molecular complexity index is 639. The van der Waals surface area contributed by atoms with Crippen LogP contribution in [0, 0.1) is 0 Å². The average Bonchev–Trinajstić information content (AvgIpc) is 2.65. The van der Waals surface area contributed by atoms with E-state index in [4.69, 9.17) is 9.47 Å². The minimum Gasteiger partial charge on any atom is -0.493 e. The number of ether oxygens (including phenoxy) is 2. The van der Waals surface area contributed by atoms with Crippen molar-refractivity contribution in [1.82, 2.24) is 0 Å². The number of fused-ring (bicyclic) bond motifs is 1. The fraction of sp³-hybridized carbons (Fsp3) is 0.545. The molecule has 0 aromatic heterocycles. The van der Waals surface area contributed by atoms with Gasteiger partial charge in [-0.3, -0.25) is 0 Å². The summed E-state index contributed by atoms with van der Waals surface area (Å²) in [5.74, 6) is 2.01. The van der Waals surface area contributed by atoms with Gasteiger partial charge in [-0.1, -0.05) is 72.8 Å². The maximum atomic E-state index is 6.16. The van der Waals surface area contributed by atoms with Crippen LogP contribution in [0.2, 0.25) is 0 Å². The smallest absolute Gasteiger partial charge is 0.130 e. The molecule has 3 heteroatoms. The first-order valence-corrected chi connectivity index (χ1v) is 10.8. The van der Waals surface area contributed by atoms with Crippen molar-refractivity contribution in [2.45, 2.75) is 58.8 Å². The number of benzene rings is 2. The molecule has 0 spiro atoms. The number of hydrogen-bond acceptors (Lipinski definition) is 2. The summed E-state index contributed by atoms with van der Waals surface area (Å²) in [5.41, 5.74) is 1.23. The third kappa shape index (κ3) is 5.91. The molecule has 0 saturated heterocycles. The molecule has 0 N–H and O–H groups in total. The van der Waals surface area contributed by atoms with Gasteiger partial charge in [0.2, 0.25) is 0 Å². The first-order chi connectivity index (χ1) is 12.3. The molecule has 0 heterocycles. The summed E-state index contributed by atoms with van der Waals surface area (Å²) in [5, 5.41) is 3.44. The van der Waals surface area contributed by atoms with Crippen LogP contribution in [0.4, 0.5) is 0 Å². The van der Waals surface area contributed by atoms with Crippen molar-refractivity contribution < 1.29 is 9.47 Å². The zero-order chi connectivity index (χ0) is 17.9. The highest BCUT2D eigenvalue weighted by Gasteiger charge is 2.12. The van der Waals surface area contributed by atoms with Gasteiger partial charge in [-0.2, -0.15) is 0 Å². The molecule has 2 aromatic rings. The Hall–Kier alpha value is -1.22. The molecule has 0 unspecified atom stereocenters. The summed E-state index contributed by atoms with van der Waals surface area (Å²) >= 11 is 3.49. The van der Waals surface area contributed by atoms with E-state index in [2.05, 4.69) is 53.2 Å². The number of aryl methyl sites for hydroxylation is 1. The van der Waals surface area contributed by atoms with Gasteiger partial charge in [-0.25, -0.2) is 0 Å². The molecular formula is C22H31BrO2. The van der Waals surface area contributed by atoms with Crippen LogP contribution in [0.15, 0.2) is 30.3 Å². The number of halogens is 1. The van der Waals surface area contributed by atoms with Crippen molar-refractivity contribution in [3.8, 4) is 11.5 Å². The second-order valence-electron chi connectivity index (χ2n) is 6.35. The highest BCUT2D eigenvalue weighted by molar-refractivity contribution is 9.09. The minimum absolute atomic E-state index is 0.687. The van der Waals surface area contributed by atoms with Crippen molar-refractivity contribution >= 4 is 26.7 Å². The van der Waals surface area contributed by atoms with E-state index in [-0.39, 0.29) is 0 Å². The van der Waals surface area contributed by atoms with Gasteiger partial charge in [0.1, 0.15) is 11.5 Å². The third-order valence-electron chi connectivity index (χ3n) is 4.49. The monoisotopic (exact) mass is 406 g/mol. The van der Waals surface area contributed by atoms with Crippen LogP contribution in [-0.4, -0.2) is 18.5 Å². The molecule has 0 bridgehead atoms. The van der Waals surface area contributed by atoms with E-state index in [1.165, 1.54) is 37.7 Å². The van der Waals surface area contributed by atoms with Crippen molar-refractivity contribution in [2.75, 3.05) is 18.5 Å². The van der Waals surface area contributed by atoms with Gasteiger partial charge < -0.3 is 9.47 Å². The van der Waals surface area contributed by atoms with Crippen LogP contribution in [0.3, 0.4) is 0 Å². The van der Waals surface area contributed by atoms with E-state index in [1.807, 2.05) is 6.92 Å².